The molecule has 6 atom stereocenters. The molecule has 0 saturated carbocycles. The van der Waals surface area contributed by atoms with Crippen molar-refractivity contribution >= 4 is 29.5 Å². The Morgan fingerprint density at radius 1 is 1.43 bits per heavy atom. The Balaban J connectivity index is 1.43. The number of carboxylic acids is 1. The fourth-order valence-electron chi connectivity index (χ4n) is 4.50. The second-order valence-electron chi connectivity index (χ2n) is 7.92. The Morgan fingerprint density at radius 2 is 2.20 bits per heavy atom. The van der Waals surface area contributed by atoms with Crippen LogP contribution >= 0.6 is 11.8 Å². The van der Waals surface area contributed by atoms with E-state index in [1.807, 2.05) is 6.92 Å². The third kappa shape index (κ3) is 3.48. The molecule has 3 aliphatic heterocycles. The topological polar surface area (TPSA) is 132 Å². The first-order chi connectivity index (χ1) is 14.3. The lowest BCUT2D eigenvalue weighted by molar-refractivity contribution is -0.163. The van der Waals surface area contributed by atoms with Gasteiger partial charge in [-0.3, -0.25) is 19.9 Å². The maximum atomic E-state index is 12.4. The minimum atomic E-state index is -1.13. The van der Waals surface area contributed by atoms with Gasteiger partial charge in [0.05, 0.1) is 29.8 Å². The molecule has 30 heavy (non-hydrogen) atoms. The molecular formula is C20H24N4O5S. The second-order valence-corrected chi connectivity index (χ2v) is 9.27. The number of carbonyl (C=O) groups is 3. The zero-order valence-corrected chi connectivity index (χ0v) is 17.4. The molecule has 2 amide bonds. The van der Waals surface area contributed by atoms with Crippen LogP contribution in [0.15, 0.2) is 35.1 Å². The number of aliphatic hydroxyl groups excluding tert-OH is 1. The molecule has 1 aromatic rings. The van der Waals surface area contributed by atoms with Gasteiger partial charge in [-0.25, -0.2) is 4.79 Å². The Labute approximate surface area is 177 Å². The highest BCUT2D eigenvalue weighted by atomic mass is 32.2. The van der Waals surface area contributed by atoms with Gasteiger partial charge in [-0.1, -0.05) is 6.92 Å². The van der Waals surface area contributed by atoms with E-state index in [0.717, 1.165) is 0 Å². The van der Waals surface area contributed by atoms with Crippen molar-refractivity contribution in [1.82, 2.24) is 20.5 Å². The summed E-state index contributed by atoms with van der Waals surface area (Å²) < 4.78 is 0. The van der Waals surface area contributed by atoms with E-state index < -0.39 is 18.0 Å². The largest absolute Gasteiger partial charge is 0.477 e. The van der Waals surface area contributed by atoms with E-state index >= 15 is 0 Å². The van der Waals surface area contributed by atoms with E-state index in [1.54, 1.807) is 25.3 Å². The summed E-state index contributed by atoms with van der Waals surface area (Å²) in [5.74, 6) is -2.42. The minimum Gasteiger partial charge on any atom is -0.477 e. The normalized spacial score (nSPS) is 31.4. The standard InChI is InChI=1S/C20H24N4O5S/c1-9-15-14(10(2)25)19(27)24(15)16(20(28)29)17(9)30-12-6-13(22-8-12)23-18(26)11-4-3-5-21-7-11/h3-5,7,9-10,12-15,22,25H,6,8H2,1-2H3,(H,23,26)(H,28,29)/t9-,10-,12+,13+,14-,15-/m1/s1. The van der Waals surface area contributed by atoms with Crippen LogP contribution in [-0.2, 0) is 9.59 Å². The lowest BCUT2D eigenvalue weighted by Gasteiger charge is -2.46. The Hall–Kier alpha value is -2.43. The van der Waals surface area contributed by atoms with Crippen LogP contribution in [0, 0.1) is 11.8 Å². The smallest absolute Gasteiger partial charge is 0.353 e. The van der Waals surface area contributed by atoms with Crippen LogP contribution in [0.5, 0.6) is 0 Å². The Kier molecular flexibility index (Phi) is 5.56. The summed E-state index contributed by atoms with van der Waals surface area (Å²) in [6.07, 6.45) is 2.67. The molecule has 3 aliphatic rings. The van der Waals surface area contributed by atoms with Crippen molar-refractivity contribution < 1.29 is 24.6 Å². The molecule has 0 unspecified atom stereocenters. The van der Waals surface area contributed by atoms with Gasteiger partial charge in [-0.2, -0.15) is 0 Å². The van der Waals surface area contributed by atoms with E-state index in [0.29, 0.717) is 23.4 Å². The second kappa shape index (κ2) is 8.01. The Bertz CT molecular complexity index is 906. The van der Waals surface area contributed by atoms with E-state index in [4.69, 9.17) is 0 Å². The zero-order valence-electron chi connectivity index (χ0n) is 16.6. The fraction of sp³-hybridized carbons (Fsp3) is 0.500. The van der Waals surface area contributed by atoms with Crippen molar-refractivity contribution in [1.29, 1.82) is 0 Å². The van der Waals surface area contributed by atoms with E-state index in [2.05, 4.69) is 15.6 Å². The molecule has 0 aromatic carbocycles. The lowest BCUT2D eigenvalue weighted by Crippen LogP contribution is -2.63. The van der Waals surface area contributed by atoms with Crippen LogP contribution in [-0.4, -0.2) is 68.0 Å². The number of nitrogens with one attached hydrogen (secondary N) is 2. The summed E-state index contributed by atoms with van der Waals surface area (Å²) in [6, 6.07) is 3.07. The Morgan fingerprint density at radius 3 is 2.83 bits per heavy atom. The molecule has 9 nitrogen and oxygen atoms in total. The van der Waals surface area contributed by atoms with Crippen molar-refractivity contribution in [3.05, 3.63) is 40.7 Å². The number of fused-ring (bicyclic) bond motifs is 1. The number of aromatic nitrogens is 1. The van der Waals surface area contributed by atoms with Crippen LogP contribution in [0.3, 0.4) is 0 Å². The van der Waals surface area contributed by atoms with Gasteiger partial charge in [-0.05, 0) is 25.5 Å². The first-order valence-electron chi connectivity index (χ1n) is 9.89. The van der Waals surface area contributed by atoms with Crippen LogP contribution in [0.4, 0.5) is 0 Å². The number of carbonyl (C=O) groups excluding carboxylic acids is 2. The van der Waals surface area contributed by atoms with Crippen LogP contribution in [0.2, 0.25) is 0 Å². The highest BCUT2D eigenvalue weighted by molar-refractivity contribution is 8.03. The van der Waals surface area contributed by atoms with Gasteiger partial charge in [0.25, 0.3) is 5.91 Å². The number of amides is 2. The highest BCUT2D eigenvalue weighted by Gasteiger charge is 2.60. The predicted molar refractivity (Wildman–Crippen MR) is 109 cm³/mol. The quantitative estimate of drug-likeness (QED) is 0.475. The predicted octanol–water partition coefficient (Wildman–Crippen LogP) is 0.386. The average Bonchev–Trinajstić information content (AvgIpc) is 3.23. The molecule has 0 bridgehead atoms. The van der Waals surface area contributed by atoms with Gasteiger partial charge < -0.3 is 20.4 Å². The molecule has 4 N–H and O–H groups in total. The van der Waals surface area contributed by atoms with Gasteiger partial charge >= 0.3 is 5.97 Å². The maximum Gasteiger partial charge on any atom is 0.353 e. The molecule has 2 fully saturated rings. The number of aliphatic carboxylic acids is 1. The maximum absolute atomic E-state index is 12.4. The summed E-state index contributed by atoms with van der Waals surface area (Å²) >= 11 is 1.45. The molecule has 1 aromatic heterocycles. The molecule has 4 heterocycles. The minimum absolute atomic E-state index is 0.0299. The summed E-state index contributed by atoms with van der Waals surface area (Å²) in [6.45, 7) is 4.07. The molecule has 0 radical (unpaired) electrons. The number of carboxylic acid groups (broad SMARTS) is 1. The zero-order chi connectivity index (χ0) is 21.6. The number of hydrogen-bond acceptors (Lipinski definition) is 7. The van der Waals surface area contributed by atoms with Crippen molar-refractivity contribution in [3.8, 4) is 0 Å². The van der Waals surface area contributed by atoms with Gasteiger partial charge in [0.1, 0.15) is 5.70 Å². The number of hydrogen-bond donors (Lipinski definition) is 4. The van der Waals surface area contributed by atoms with E-state index in [9.17, 15) is 24.6 Å². The van der Waals surface area contributed by atoms with Crippen LogP contribution in [0.25, 0.3) is 0 Å². The third-order valence-corrected chi connectivity index (χ3v) is 7.44. The molecule has 0 spiro atoms. The van der Waals surface area contributed by atoms with Gasteiger partial charge in [-0.15, -0.1) is 11.8 Å². The number of thioether (sulfide) groups is 1. The van der Waals surface area contributed by atoms with Crippen molar-refractivity contribution in [2.45, 2.75) is 43.8 Å². The highest BCUT2D eigenvalue weighted by Crippen LogP contribution is 2.51. The number of aliphatic hydroxyl groups is 1. The van der Waals surface area contributed by atoms with E-state index in [-0.39, 0.29) is 40.9 Å². The number of rotatable bonds is 6. The first-order valence-corrected chi connectivity index (χ1v) is 10.8. The lowest BCUT2D eigenvalue weighted by atomic mass is 9.79. The summed E-state index contributed by atoms with van der Waals surface area (Å²) in [5.41, 5.74) is 0.505. The van der Waals surface area contributed by atoms with Gasteiger partial charge in [0.2, 0.25) is 5.91 Å². The van der Waals surface area contributed by atoms with Crippen LogP contribution < -0.4 is 10.6 Å². The molecule has 2 saturated heterocycles. The van der Waals surface area contributed by atoms with Crippen molar-refractivity contribution in [3.63, 3.8) is 0 Å². The summed E-state index contributed by atoms with van der Waals surface area (Å²) in [7, 11) is 0. The molecular weight excluding hydrogens is 408 g/mol. The third-order valence-electron chi connectivity index (χ3n) is 5.92. The van der Waals surface area contributed by atoms with E-state index in [1.165, 1.54) is 22.9 Å². The van der Waals surface area contributed by atoms with Crippen molar-refractivity contribution in [2.24, 2.45) is 11.8 Å². The van der Waals surface area contributed by atoms with Crippen LogP contribution in [0.1, 0.15) is 30.6 Å². The van der Waals surface area contributed by atoms with Gasteiger partial charge in [0, 0.05) is 35.0 Å². The molecule has 4 rings (SSSR count). The number of pyridine rings is 1. The molecule has 0 aliphatic carbocycles. The fourth-order valence-corrected chi connectivity index (χ4v) is 5.98. The molecule has 160 valence electrons. The monoisotopic (exact) mass is 432 g/mol. The molecule has 10 heteroatoms. The first kappa shape index (κ1) is 20.8. The average molecular weight is 433 g/mol. The number of β-lactam (4-membered cyclic amide) rings is 1. The van der Waals surface area contributed by atoms with Gasteiger partial charge in [0.15, 0.2) is 0 Å². The SMILES string of the molecule is C[C@@H](O)[C@H]1C(=O)N2C(C(=O)O)=C(S[C@@H]3CN[C@@H](NC(=O)c4cccnc4)C3)[C@H](C)[C@H]12. The number of nitrogens with zero attached hydrogens (tertiary/aromatic N) is 2. The summed E-state index contributed by atoms with van der Waals surface area (Å²) in [5, 5.41) is 25.9. The van der Waals surface area contributed by atoms with Crippen molar-refractivity contribution in [2.75, 3.05) is 6.54 Å². The summed E-state index contributed by atoms with van der Waals surface area (Å²) in [4.78, 5) is 42.6.